The molecule has 1 nitrogen and oxygen atoms in total. The number of nitrogens with two attached hydrogens (primary N) is 1. The van der Waals surface area contributed by atoms with Crippen LogP contribution < -0.4 is 5.73 Å². The van der Waals surface area contributed by atoms with Crippen LogP contribution in [-0.4, -0.2) is 21.2 Å². The first-order valence-corrected chi connectivity index (χ1v) is 9.25. The maximum atomic E-state index is 5.61. The molecule has 0 spiro atoms. The van der Waals surface area contributed by atoms with Crippen LogP contribution in [0.4, 0.5) is 0 Å². The van der Waals surface area contributed by atoms with E-state index in [2.05, 4.69) is 13.8 Å². The Bertz CT molecular complexity index is 77.9. The number of rotatable bonds is 8. The molecule has 0 aliphatic heterocycles. The van der Waals surface area contributed by atoms with Gasteiger partial charge in [0.2, 0.25) is 0 Å². The number of hydrogen-bond donors (Lipinski definition) is 1. The summed E-state index contributed by atoms with van der Waals surface area (Å²) in [7, 11) is 0. The molecule has 12 heavy (non-hydrogen) atoms. The zero-order valence-corrected chi connectivity index (χ0v) is 10.6. The minimum atomic E-state index is -0.459. The molecule has 2 heteroatoms. The van der Waals surface area contributed by atoms with E-state index in [9.17, 15) is 0 Å². The van der Waals surface area contributed by atoms with Crippen LogP contribution in [0.15, 0.2) is 0 Å². The fourth-order valence-electron chi connectivity index (χ4n) is 1.28. The van der Waals surface area contributed by atoms with E-state index in [0.29, 0.717) is 0 Å². The second kappa shape index (κ2) is 9.61. The molecule has 0 amide bonds. The van der Waals surface area contributed by atoms with Crippen LogP contribution in [0.5, 0.6) is 0 Å². The van der Waals surface area contributed by atoms with E-state index in [0.717, 1.165) is 6.54 Å². The standard InChI is InChI=1S/C10H24AsN/c1-3-5-7-11(9-10-12)8-6-4-2/h3-10,12H2,1-2H3. The van der Waals surface area contributed by atoms with E-state index in [1.165, 1.54) is 30.9 Å². The van der Waals surface area contributed by atoms with Gasteiger partial charge in [0.05, 0.1) is 0 Å². The van der Waals surface area contributed by atoms with E-state index in [4.69, 9.17) is 5.73 Å². The van der Waals surface area contributed by atoms with Crippen molar-refractivity contribution in [1.82, 2.24) is 0 Å². The van der Waals surface area contributed by atoms with E-state index in [-0.39, 0.29) is 0 Å². The molecular weight excluding hydrogens is 209 g/mol. The van der Waals surface area contributed by atoms with Gasteiger partial charge in [0, 0.05) is 0 Å². The molecule has 0 aliphatic rings. The van der Waals surface area contributed by atoms with Crippen molar-refractivity contribution in [3.05, 3.63) is 0 Å². The average molecular weight is 233 g/mol. The van der Waals surface area contributed by atoms with Crippen molar-refractivity contribution in [2.24, 2.45) is 5.73 Å². The molecule has 0 bridgehead atoms. The Labute approximate surface area is 82.4 Å². The second-order valence-electron chi connectivity index (χ2n) is 3.34. The Morgan fingerprint density at radius 1 is 0.917 bits per heavy atom. The minimum absolute atomic E-state index is 0.459. The van der Waals surface area contributed by atoms with Gasteiger partial charge in [0.25, 0.3) is 0 Å². The summed E-state index contributed by atoms with van der Waals surface area (Å²) in [5.74, 6) is 0. The molecule has 0 rings (SSSR count). The van der Waals surface area contributed by atoms with Crippen LogP contribution in [0.2, 0.25) is 15.6 Å². The summed E-state index contributed by atoms with van der Waals surface area (Å²) in [5, 5.41) is 4.47. The summed E-state index contributed by atoms with van der Waals surface area (Å²) in [6.07, 6.45) is 5.62. The second-order valence-corrected chi connectivity index (χ2v) is 8.97. The summed E-state index contributed by atoms with van der Waals surface area (Å²) in [6.45, 7) is 5.51. The molecule has 0 saturated carbocycles. The fourth-order valence-corrected chi connectivity index (χ4v) is 6.66. The Balaban J connectivity index is 3.40. The van der Waals surface area contributed by atoms with E-state index in [1.54, 1.807) is 10.4 Å². The molecule has 2 N–H and O–H groups in total. The molecule has 74 valence electrons. The Morgan fingerprint density at radius 3 is 1.75 bits per heavy atom. The van der Waals surface area contributed by atoms with Gasteiger partial charge in [-0.05, 0) is 0 Å². The van der Waals surface area contributed by atoms with Crippen molar-refractivity contribution < 1.29 is 0 Å². The van der Waals surface area contributed by atoms with Crippen LogP contribution in [0, 0.1) is 0 Å². The summed E-state index contributed by atoms with van der Waals surface area (Å²) in [4.78, 5) is 0. The van der Waals surface area contributed by atoms with Gasteiger partial charge in [-0.2, -0.15) is 0 Å². The van der Waals surface area contributed by atoms with Crippen molar-refractivity contribution in [2.75, 3.05) is 6.54 Å². The third-order valence-corrected chi connectivity index (χ3v) is 7.95. The summed E-state index contributed by atoms with van der Waals surface area (Å²) >= 11 is -0.459. The summed E-state index contributed by atoms with van der Waals surface area (Å²) in [6, 6.07) is 0. The van der Waals surface area contributed by atoms with Gasteiger partial charge in [0.15, 0.2) is 0 Å². The quantitative estimate of drug-likeness (QED) is 0.641. The molecule has 0 unspecified atom stereocenters. The first-order chi connectivity index (χ1) is 5.85. The van der Waals surface area contributed by atoms with Crippen molar-refractivity contribution >= 4 is 14.7 Å². The van der Waals surface area contributed by atoms with Crippen molar-refractivity contribution in [2.45, 2.75) is 55.2 Å². The fraction of sp³-hybridized carbons (Fsp3) is 1.00. The molecular formula is C10H24AsN. The Hall–Kier alpha value is 0.518. The van der Waals surface area contributed by atoms with Gasteiger partial charge < -0.3 is 0 Å². The van der Waals surface area contributed by atoms with Crippen LogP contribution in [0.25, 0.3) is 0 Å². The Kier molecular flexibility index (Phi) is 10.0. The third-order valence-electron chi connectivity index (χ3n) is 2.10. The van der Waals surface area contributed by atoms with Gasteiger partial charge in [-0.15, -0.1) is 0 Å². The van der Waals surface area contributed by atoms with Crippen LogP contribution >= 0.6 is 0 Å². The first kappa shape index (κ1) is 12.5. The Morgan fingerprint density at radius 2 is 1.42 bits per heavy atom. The first-order valence-electron chi connectivity index (χ1n) is 5.27. The molecule has 0 aromatic carbocycles. The van der Waals surface area contributed by atoms with Crippen LogP contribution in [0.3, 0.4) is 0 Å². The van der Waals surface area contributed by atoms with Gasteiger partial charge in [-0.3, -0.25) is 0 Å². The molecule has 0 radical (unpaired) electrons. The van der Waals surface area contributed by atoms with Gasteiger partial charge in [-0.25, -0.2) is 0 Å². The van der Waals surface area contributed by atoms with E-state index >= 15 is 0 Å². The van der Waals surface area contributed by atoms with E-state index < -0.39 is 14.7 Å². The third kappa shape index (κ3) is 7.18. The van der Waals surface area contributed by atoms with Crippen LogP contribution in [-0.2, 0) is 0 Å². The average Bonchev–Trinajstić information content (AvgIpc) is 2.10. The normalized spacial score (nSPS) is 11.0. The van der Waals surface area contributed by atoms with E-state index in [1.807, 2.05) is 0 Å². The van der Waals surface area contributed by atoms with Crippen molar-refractivity contribution in [1.29, 1.82) is 0 Å². The van der Waals surface area contributed by atoms with Gasteiger partial charge in [0.1, 0.15) is 0 Å². The van der Waals surface area contributed by atoms with Gasteiger partial charge in [-0.1, -0.05) is 0 Å². The predicted octanol–water partition coefficient (Wildman–Crippen LogP) is 3.04. The molecule has 0 aromatic heterocycles. The monoisotopic (exact) mass is 233 g/mol. The molecule has 0 fully saturated rings. The molecule has 0 aliphatic carbocycles. The topological polar surface area (TPSA) is 26.0 Å². The SMILES string of the molecule is CCCC[As](CCN)CCCC. The maximum absolute atomic E-state index is 5.61. The van der Waals surface area contributed by atoms with Crippen LogP contribution in [0.1, 0.15) is 39.5 Å². The molecule has 0 aromatic rings. The number of hydrogen-bond acceptors (Lipinski definition) is 1. The van der Waals surface area contributed by atoms with Gasteiger partial charge >= 0.3 is 82.1 Å². The molecule has 0 heterocycles. The summed E-state index contributed by atoms with van der Waals surface area (Å²) < 4.78 is 0. The van der Waals surface area contributed by atoms with Crippen molar-refractivity contribution in [3.63, 3.8) is 0 Å². The predicted molar refractivity (Wildman–Crippen MR) is 59.0 cm³/mol. The molecule has 0 saturated heterocycles. The van der Waals surface area contributed by atoms with Crippen molar-refractivity contribution in [3.8, 4) is 0 Å². The zero-order chi connectivity index (χ0) is 9.23. The summed E-state index contributed by atoms with van der Waals surface area (Å²) in [5.41, 5.74) is 5.61. The number of unbranched alkanes of at least 4 members (excludes halogenated alkanes) is 2. The molecule has 0 atom stereocenters. The zero-order valence-electron chi connectivity index (χ0n) is 8.68.